The molecule has 1 saturated carbocycles. The standard InChI is InChI=1S/C15H17NO2/c1-18-13-8-15(17,9-13)14(10-16)6-11-4-2-3-5-12(11)7-14/h2-5,13,17H,6-9H2,1H3. The number of methoxy groups -OCH3 is 1. The number of hydrogen-bond donors (Lipinski definition) is 1. The second kappa shape index (κ2) is 3.81. The van der Waals surface area contributed by atoms with Crippen LogP contribution in [0.2, 0.25) is 0 Å². The molecule has 0 unspecified atom stereocenters. The van der Waals surface area contributed by atoms with Crippen molar-refractivity contribution in [1.82, 2.24) is 0 Å². The van der Waals surface area contributed by atoms with Crippen molar-refractivity contribution in [3.05, 3.63) is 35.4 Å². The van der Waals surface area contributed by atoms with Crippen LogP contribution in [0.4, 0.5) is 0 Å². The number of nitriles is 1. The molecule has 0 saturated heterocycles. The van der Waals surface area contributed by atoms with Crippen LogP contribution < -0.4 is 0 Å². The van der Waals surface area contributed by atoms with Gasteiger partial charge >= 0.3 is 0 Å². The third kappa shape index (κ3) is 1.43. The van der Waals surface area contributed by atoms with E-state index < -0.39 is 11.0 Å². The van der Waals surface area contributed by atoms with Gasteiger partial charge in [0.15, 0.2) is 0 Å². The summed E-state index contributed by atoms with van der Waals surface area (Å²) in [7, 11) is 1.66. The molecule has 3 rings (SSSR count). The summed E-state index contributed by atoms with van der Waals surface area (Å²) in [5.74, 6) is 0. The van der Waals surface area contributed by atoms with E-state index >= 15 is 0 Å². The number of nitrogens with zero attached hydrogens (tertiary/aromatic N) is 1. The third-order valence-corrected chi connectivity index (χ3v) is 4.67. The SMILES string of the molecule is COC1CC(O)(C2(C#N)Cc3ccccc3C2)C1. The fourth-order valence-corrected chi connectivity index (χ4v) is 3.38. The van der Waals surface area contributed by atoms with Gasteiger partial charge in [0.25, 0.3) is 0 Å². The Morgan fingerprint density at radius 2 is 1.83 bits per heavy atom. The van der Waals surface area contributed by atoms with Gasteiger partial charge in [-0.3, -0.25) is 0 Å². The van der Waals surface area contributed by atoms with Crippen LogP contribution in [-0.4, -0.2) is 23.9 Å². The van der Waals surface area contributed by atoms with Crippen molar-refractivity contribution >= 4 is 0 Å². The van der Waals surface area contributed by atoms with E-state index in [9.17, 15) is 10.4 Å². The Kier molecular flexibility index (Phi) is 2.48. The molecule has 1 aromatic carbocycles. The molecule has 1 aromatic rings. The van der Waals surface area contributed by atoms with Crippen LogP contribution in [0.25, 0.3) is 0 Å². The largest absolute Gasteiger partial charge is 0.388 e. The van der Waals surface area contributed by atoms with E-state index in [0.29, 0.717) is 25.7 Å². The zero-order valence-corrected chi connectivity index (χ0v) is 10.5. The highest BCUT2D eigenvalue weighted by atomic mass is 16.5. The maximum Gasteiger partial charge on any atom is 0.0942 e. The normalized spacial score (nSPS) is 32.4. The molecule has 0 bridgehead atoms. The minimum Gasteiger partial charge on any atom is -0.388 e. The summed E-state index contributed by atoms with van der Waals surface area (Å²) in [5.41, 5.74) is 0.856. The summed E-state index contributed by atoms with van der Waals surface area (Å²) in [4.78, 5) is 0. The maximum absolute atomic E-state index is 10.7. The molecule has 3 heteroatoms. The molecule has 1 fully saturated rings. The lowest BCUT2D eigenvalue weighted by molar-refractivity contribution is -0.177. The van der Waals surface area contributed by atoms with E-state index in [1.807, 2.05) is 12.1 Å². The summed E-state index contributed by atoms with van der Waals surface area (Å²) < 4.78 is 5.24. The third-order valence-electron chi connectivity index (χ3n) is 4.67. The van der Waals surface area contributed by atoms with Crippen LogP contribution >= 0.6 is 0 Å². The first-order valence-electron chi connectivity index (χ1n) is 6.36. The monoisotopic (exact) mass is 243 g/mol. The van der Waals surface area contributed by atoms with Crippen LogP contribution in [0, 0.1) is 16.7 Å². The Balaban J connectivity index is 1.90. The van der Waals surface area contributed by atoms with E-state index in [1.54, 1.807) is 7.11 Å². The van der Waals surface area contributed by atoms with Crippen LogP contribution in [0.3, 0.4) is 0 Å². The molecule has 3 nitrogen and oxygen atoms in total. The highest BCUT2D eigenvalue weighted by molar-refractivity contribution is 5.40. The quantitative estimate of drug-likeness (QED) is 0.862. The highest BCUT2D eigenvalue weighted by Crippen LogP contribution is 2.53. The van der Waals surface area contributed by atoms with Crippen molar-refractivity contribution in [1.29, 1.82) is 5.26 Å². The van der Waals surface area contributed by atoms with Gasteiger partial charge in [0.05, 0.1) is 23.2 Å². The van der Waals surface area contributed by atoms with Gasteiger partial charge in [-0.1, -0.05) is 24.3 Å². The Morgan fingerprint density at radius 1 is 1.28 bits per heavy atom. The summed E-state index contributed by atoms with van der Waals surface area (Å²) in [6, 6.07) is 10.5. The summed E-state index contributed by atoms with van der Waals surface area (Å²) in [6.07, 6.45) is 2.57. The number of hydrogen-bond acceptors (Lipinski definition) is 3. The molecule has 94 valence electrons. The van der Waals surface area contributed by atoms with Crippen LogP contribution in [-0.2, 0) is 17.6 Å². The van der Waals surface area contributed by atoms with E-state index in [0.717, 1.165) is 0 Å². The highest BCUT2D eigenvalue weighted by Gasteiger charge is 2.60. The number of benzene rings is 1. The first-order valence-corrected chi connectivity index (χ1v) is 6.36. The molecule has 0 radical (unpaired) electrons. The van der Waals surface area contributed by atoms with Crippen LogP contribution in [0.1, 0.15) is 24.0 Å². The molecule has 0 spiro atoms. The van der Waals surface area contributed by atoms with E-state index in [-0.39, 0.29) is 6.10 Å². The Morgan fingerprint density at radius 3 is 2.28 bits per heavy atom. The van der Waals surface area contributed by atoms with Crippen molar-refractivity contribution in [3.63, 3.8) is 0 Å². The average molecular weight is 243 g/mol. The van der Waals surface area contributed by atoms with Gasteiger partial charge in [-0.2, -0.15) is 5.26 Å². The number of aliphatic hydroxyl groups is 1. The topological polar surface area (TPSA) is 53.2 Å². The molecule has 0 aromatic heterocycles. The molecule has 18 heavy (non-hydrogen) atoms. The van der Waals surface area contributed by atoms with Gasteiger partial charge in [0.1, 0.15) is 0 Å². The van der Waals surface area contributed by atoms with Gasteiger partial charge in [-0.15, -0.1) is 0 Å². The van der Waals surface area contributed by atoms with Crippen molar-refractivity contribution in [2.45, 2.75) is 37.4 Å². The van der Waals surface area contributed by atoms with E-state index in [1.165, 1.54) is 11.1 Å². The lowest BCUT2D eigenvalue weighted by atomic mass is 9.59. The first-order chi connectivity index (χ1) is 8.62. The second-order valence-electron chi connectivity index (χ2n) is 5.61. The van der Waals surface area contributed by atoms with Crippen LogP contribution in [0.15, 0.2) is 24.3 Å². The van der Waals surface area contributed by atoms with Gasteiger partial charge < -0.3 is 9.84 Å². The van der Waals surface area contributed by atoms with Crippen molar-refractivity contribution in [2.75, 3.05) is 7.11 Å². The van der Waals surface area contributed by atoms with Gasteiger partial charge in [-0.25, -0.2) is 0 Å². The lowest BCUT2D eigenvalue weighted by Gasteiger charge is -2.50. The number of ether oxygens (including phenoxy) is 1. The van der Waals surface area contributed by atoms with Crippen molar-refractivity contribution in [3.8, 4) is 6.07 Å². The molecule has 0 atom stereocenters. The second-order valence-corrected chi connectivity index (χ2v) is 5.61. The Labute approximate surface area is 107 Å². The smallest absolute Gasteiger partial charge is 0.0942 e. The first kappa shape index (κ1) is 11.7. The minimum atomic E-state index is -0.887. The summed E-state index contributed by atoms with van der Waals surface area (Å²) in [5, 5.41) is 20.3. The predicted octanol–water partition coefficient (Wildman–Crippen LogP) is 1.84. The van der Waals surface area contributed by atoms with E-state index in [2.05, 4.69) is 18.2 Å². The fraction of sp³-hybridized carbons (Fsp3) is 0.533. The predicted molar refractivity (Wildman–Crippen MR) is 66.9 cm³/mol. The molecule has 0 aliphatic heterocycles. The Bertz CT molecular complexity index is 486. The number of rotatable bonds is 2. The number of fused-ring (bicyclic) bond motifs is 1. The zero-order valence-electron chi connectivity index (χ0n) is 10.5. The molecule has 0 heterocycles. The molecule has 0 amide bonds. The maximum atomic E-state index is 10.7. The summed E-state index contributed by atoms with van der Waals surface area (Å²) in [6.45, 7) is 0. The van der Waals surface area contributed by atoms with Crippen LogP contribution in [0.5, 0.6) is 0 Å². The lowest BCUT2D eigenvalue weighted by Crippen LogP contribution is -2.59. The molecule has 2 aliphatic carbocycles. The van der Waals surface area contributed by atoms with Crippen molar-refractivity contribution < 1.29 is 9.84 Å². The Hall–Kier alpha value is -1.37. The van der Waals surface area contributed by atoms with Gasteiger partial charge in [-0.05, 0) is 24.0 Å². The zero-order chi connectivity index (χ0) is 12.8. The molecular formula is C15H17NO2. The fourth-order valence-electron chi connectivity index (χ4n) is 3.38. The summed E-state index contributed by atoms with van der Waals surface area (Å²) >= 11 is 0. The molecule has 2 aliphatic rings. The van der Waals surface area contributed by atoms with Gasteiger partial charge in [0, 0.05) is 20.0 Å². The molecule has 1 N–H and O–H groups in total. The minimum absolute atomic E-state index is 0.101. The van der Waals surface area contributed by atoms with E-state index in [4.69, 9.17) is 4.74 Å². The molecular weight excluding hydrogens is 226 g/mol. The van der Waals surface area contributed by atoms with Gasteiger partial charge in [0.2, 0.25) is 0 Å². The average Bonchev–Trinajstić information content (AvgIpc) is 2.74. The van der Waals surface area contributed by atoms with Crippen molar-refractivity contribution in [2.24, 2.45) is 5.41 Å².